The first kappa shape index (κ1) is 22.9. The summed E-state index contributed by atoms with van der Waals surface area (Å²) in [4.78, 5) is 30.9. The van der Waals surface area contributed by atoms with Gasteiger partial charge < -0.3 is 20.1 Å². The predicted molar refractivity (Wildman–Crippen MR) is 121 cm³/mol. The van der Waals surface area contributed by atoms with Gasteiger partial charge in [-0.15, -0.1) is 0 Å². The number of nitrogens with one attached hydrogen (secondary N) is 1. The largest absolute Gasteiger partial charge is 0.489 e. The number of carbonyl (C=O) groups excluding carboxylic acids is 2. The second-order valence-corrected chi connectivity index (χ2v) is 7.76. The summed E-state index contributed by atoms with van der Waals surface area (Å²) >= 11 is 0. The van der Waals surface area contributed by atoms with Crippen LogP contribution in [-0.2, 0) is 11.2 Å². The number of aliphatic hydroxyl groups excluding tert-OH is 1. The summed E-state index contributed by atoms with van der Waals surface area (Å²) in [6.07, 6.45) is 2.50. The van der Waals surface area contributed by atoms with Crippen LogP contribution in [-0.4, -0.2) is 57.6 Å². The van der Waals surface area contributed by atoms with Crippen LogP contribution >= 0.6 is 0 Å². The second kappa shape index (κ2) is 9.72. The number of ether oxygens (including phenoxy) is 1. The van der Waals surface area contributed by atoms with Crippen LogP contribution in [0.25, 0.3) is 0 Å². The van der Waals surface area contributed by atoms with Crippen molar-refractivity contribution in [2.45, 2.75) is 25.5 Å². The van der Waals surface area contributed by atoms with Crippen molar-refractivity contribution in [1.29, 1.82) is 0 Å². The van der Waals surface area contributed by atoms with E-state index in [9.17, 15) is 19.1 Å². The molecule has 0 spiro atoms. The van der Waals surface area contributed by atoms with E-state index < -0.39 is 24.1 Å². The Labute approximate surface area is 195 Å². The van der Waals surface area contributed by atoms with Gasteiger partial charge in [-0.2, -0.15) is 14.2 Å². The summed E-state index contributed by atoms with van der Waals surface area (Å²) in [6, 6.07) is 8.04. The fourth-order valence-electron chi connectivity index (χ4n) is 3.40. The highest BCUT2D eigenvalue weighted by atomic mass is 19.1. The number of fused-ring (bicyclic) bond motifs is 1. The number of aromatic nitrogens is 3. The van der Waals surface area contributed by atoms with Crippen LogP contribution in [0.1, 0.15) is 23.7 Å². The molecule has 0 bridgehead atoms. The van der Waals surface area contributed by atoms with E-state index in [0.717, 1.165) is 4.68 Å². The number of hydrogen-bond acceptors (Lipinski definition) is 6. The van der Waals surface area contributed by atoms with Crippen molar-refractivity contribution in [2.24, 2.45) is 0 Å². The lowest BCUT2D eigenvalue weighted by molar-refractivity contribution is -0.120. The number of halogens is 1. The van der Waals surface area contributed by atoms with Crippen molar-refractivity contribution in [3.05, 3.63) is 71.6 Å². The molecule has 0 fully saturated rings. The summed E-state index contributed by atoms with van der Waals surface area (Å²) in [5.41, 5.74) is 2.28. The number of rotatable bonds is 3. The van der Waals surface area contributed by atoms with E-state index >= 15 is 0 Å². The molecule has 4 rings (SSSR count). The first-order valence-corrected chi connectivity index (χ1v) is 10.5. The van der Waals surface area contributed by atoms with Crippen LogP contribution < -0.4 is 15.0 Å². The van der Waals surface area contributed by atoms with Crippen LogP contribution in [0.15, 0.2) is 48.8 Å². The minimum atomic E-state index is -0.950. The van der Waals surface area contributed by atoms with Gasteiger partial charge in [0.15, 0.2) is 0 Å². The molecule has 0 saturated carbocycles. The van der Waals surface area contributed by atoms with E-state index in [1.165, 1.54) is 23.4 Å². The Bertz CT molecular complexity index is 1290. The highest BCUT2D eigenvalue weighted by Gasteiger charge is 2.31. The number of pyridine rings is 1. The standard InChI is InChI=1S/C24H22FN5O4/c1-15(31)6-7-16-8-9-21-20(11-16)29(2)23(32)19(14-34-21)28-24(33)30-13-17(12-26-30)10-18-4-3-5-22(25)27-18/h3-5,8-9,11-13,15,19,31H,10,14H2,1-2H3,(H,28,33)/t15?,19-/m0/s1. The van der Waals surface area contributed by atoms with Gasteiger partial charge in [-0.3, -0.25) is 4.79 Å². The highest BCUT2D eigenvalue weighted by molar-refractivity contribution is 6.00. The predicted octanol–water partition coefficient (Wildman–Crippen LogP) is 1.72. The fraction of sp³-hybridized carbons (Fsp3) is 0.250. The first-order valence-electron chi connectivity index (χ1n) is 10.5. The molecule has 2 N–H and O–H groups in total. The quantitative estimate of drug-likeness (QED) is 0.452. The van der Waals surface area contributed by atoms with Crippen molar-refractivity contribution in [3.63, 3.8) is 0 Å². The maximum Gasteiger partial charge on any atom is 0.342 e. The lowest BCUT2D eigenvalue weighted by Gasteiger charge is -2.20. The van der Waals surface area contributed by atoms with Gasteiger partial charge in [0.05, 0.1) is 11.9 Å². The molecule has 1 aliphatic rings. The van der Waals surface area contributed by atoms with Crippen LogP contribution in [0.4, 0.5) is 14.9 Å². The number of benzene rings is 1. The van der Waals surface area contributed by atoms with Gasteiger partial charge in [-0.1, -0.05) is 17.9 Å². The Morgan fingerprint density at radius 2 is 2.21 bits per heavy atom. The molecule has 10 heteroatoms. The van der Waals surface area contributed by atoms with Crippen LogP contribution in [0.2, 0.25) is 0 Å². The lowest BCUT2D eigenvalue weighted by atomic mass is 10.1. The third-order valence-electron chi connectivity index (χ3n) is 5.08. The summed E-state index contributed by atoms with van der Waals surface area (Å²) < 4.78 is 20.1. The topological polar surface area (TPSA) is 110 Å². The molecule has 0 saturated heterocycles. The van der Waals surface area contributed by atoms with Crippen LogP contribution in [0.3, 0.4) is 0 Å². The van der Waals surface area contributed by atoms with Gasteiger partial charge in [0.1, 0.15) is 24.5 Å². The Morgan fingerprint density at radius 3 is 2.97 bits per heavy atom. The van der Waals surface area contributed by atoms with Crippen molar-refractivity contribution in [3.8, 4) is 17.6 Å². The summed E-state index contributed by atoms with van der Waals surface area (Å²) in [7, 11) is 1.58. The number of likely N-dealkylation sites (N-methyl/N-ethyl adjacent to an activating group) is 1. The molecule has 0 aliphatic carbocycles. The van der Waals surface area contributed by atoms with Gasteiger partial charge in [-0.05, 0) is 42.8 Å². The summed E-state index contributed by atoms with van der Waals surface area (Å²) in [5.74, 6) is 5.01. The minimum Gasteiger partial charge on any atom is -0.489 e. The summed E-state index contributed by atoms with van der Waals surface area (Å²) in [6.45, 7) is 1.49. The number of anilines is 1. The Balaban J connectivity index is 1.45. The van der Waals surface area contributed by atoms with E-state index in [1.54, 1.807) is 44.3 Å². The average molecular weight is 463 g/mol. The minimum absolute atomic E-state index is 0.0675. The number of hydrogen-bond donors (Lipinski definition) is 2. The molecule has 2 amide bonds. The SMILES string of the molecule is CC(O)C#Cc1ccc2c(c1)N(C)C(=O)[C@@H](NC(=O)n1cc(Cc3cccc(F)n3)cn1)CO2. The zero-order valence-corrected chi connectivity index (χ0v) is 18.5. The molecule has 0 radical (unpaired) electrons. The molecule has 3 heterocycles. The van der Waals surface area contributed by atoms with E-state index in [-0.39, 0.29) is 12.5 Å². The molecule has 9 nitrogen and oxygen atoms in total. The highest BCUT2D eigenvalue weighted by Crippen LogP contribution is 2.31. The monoisotopic (exact) mass is 463 g/mol. The van der Waals surface area contributed by atoms with E-state index in [4.69, 9.17) is 4.74 Å². The number of aliphatic hydroxyl groups is 1. The van der Waals surface area contributed by atoms with Crippen LogP contribution in [0, 0.1) is 17.8 Å². The van der Waals surface area contributed by atoms with Crippen molar-refractivity contribution in [2.75, 3.05) is 18.6 Å². The van der Waals surface area contributed by atoms with E-state index in [0.29, 0.717) is 34.7 Å². The number of carbonyl (C=O) groups is 2. The second-order valence-electron chi connectivity index (χ2n) is 7.76. The molecule has 2 atom stereocenters. The smallest absolute Gasteiger partial charge is 0.342 e. The molecule has 34 heavy (non-hydrogen) atoms. The fourth-order valence-corrected chi connectivity index (χ4v) is 3.40. The Morgan fingerprint density at radius 1 is 1.38 bits per heavy atom. The third kappa shape index (κ3) is 5.22. The van der Waals surface area contributed by atoms with E-state index in [2.05, 4.69) is 27.2 Å². The maximum atomic E-state index is 13.3. The third-order valence-corrected chi connectivity index (χ3v) is 5.08. The van der Waals surface area contributed by atoms with Gasteiger partial charge in [0.25, 0.3) is 5.91 Å². The number of nitrogens with zero attached hydrogens (tertiary/aromatic N) is 4. The zero-order chi connectivity index (χ0) is 24.2. The summed E-state index contributed by atoms with van der Waals surface area (Å²) in [5, 5.41) is 16.0. The molecular formula is C24H22FN5O4. The molecule has 1 unspecified atom stereocenters. The Hall–Kier alpha value is -4.23. The van der Waals surface area contributed by atoms with Crippen molar-refractivity contribution in [1.82, 2.24) is 20.1 Å². The van der Waals surface area contributed by atoms with Gasteiger partial charge in [0, 0.05) is 30.9 Å². The van der Waals surface area contributed by atoms with Crippen LogP contribution in [0.5, 0.6) is 5.75 Å². The lowest BCUT2D eigenvalue weighted by Crippen LogP contribution is -2.50. The molecule has 1 aromatic carbocycles. The van der Waals surface area contributed by atoms with E-state index in [1.807, 2.05) is 0 Å². The van der Waals surface area contributed by atoms with Crippen molar-refractivity contribution >= 4 is 17.6 Å². The Kier molecular flexibility index (Phi) is 6.56. The zero-order valence-electron chi connectivity index (χ0n) is 18.5. The molecule has 2 aromatic heterocycles. The van der Waals surface area contributed by atoms with Gasteiger partial charge in [0.2, 0.25) is 5.95 Å². The number of amides is 2. The molecule has 1 aliphatic heterocycles. The molecular weight excluding hydrogens is 441 g/mol. The van der Waals surface area contributed by atoms with Gasteiger partial charge in [-0.25, -0.2) is 9.78 Å². The average Bonchev–Trinajstić information content (AvgIpc) is 3.24. The molecule has 174 valence electrons. The normalized spacial score (nSPS) is 15.9. The van der Waals surface area contributed by atoms with Crippen molar-refractivity contribution < 1.29 is 23.8 Å². The molecule has 3 aromatic rings. The van der Waals surface area contributed by atoms with Gasteiger partial charge >= 0.3 is 6.03 Å². The first-order chi connectivity index (χ1) is 16.3. The maximum absolute atomic E-state index is 13.3.